The maximum atomic E-state index is 12.9. The number of alkyl halides is 3. The molecule has 1 N–H and O–H groups in total. The van der Waals surface area contributed by atoms with Crippen molar-refractivity contribution in [3.63, 3.8) is 0 Å². The second-order valence-electron chi connectivity index (χ2n) is 10.0. The molecule has 14 heteroatoms. The van der Waals surface area contributed by atoms with Crippen molar-refractivity contribution in [1.82, 2.24) is 20.1 Å². The molecule has 230 valence electrons. The Kier molecular flexibility index (Phi) is 8.30. The number of nitrogens with one attached hydrogen (secondary N) is 1. The molecule has 4 aromatic rings. The summed E-state index contributed by atoms with van der Waals surface area (Å²) >= 11 is 1.21. The van der Waals surface area contributed by atoms with Crippen molar-refractivity contribution >= 4 is 34.6 Å². The Hall–Kier alpha value is -5.11. The van der Waals surface area contributed by atoms with Gasteiger partial charge < -0.3 is 14.8 Å². The van der Waals surface area contributed by atoms with Gasteiger partial charge in [-0.3, -0.25) is 9.69 Å². The zero-order valence-corrected chi connectivity index (χ0v) is 24.5. The number of benzene rings is 3. The van der Waals surface area contributed by atoms with Crippen molar-refractivity contribution in [3.8, 4) is 28.6 Å². The largest absolute Gasteiger partial charge is 0.573 e. The molecule has 0 radical (unpaired) electrons. The van der Waals surface area contributed by atoms with Crippen molar-refractivity contribution in [3.05, 3.63) is 96.3 Å². The van der Waals surface area contributed by atoms with Gasteiger partial charge in [-0.1, -0.05) is 54.2 Å². The summed E-state index contributed by atoms with van der Waals surface area (Å²) in [7, 11) is 1.56. The number of nitrogens with zero attached hydrogens (tertiary/aromatic N) is 5. The minimum Gasteiger partial charge on any atom is -0.497 e. The molecule has 1 aliphatic carbocycles. The van der Waals surface area contributed by atoms with E-state index in [9.17, 15) is 22.8 Å². The molecular weight excluding hydrogens is 609 g/mol. The van der Waals surface area contributed by atoms with Crippen LogP contribution in [0.15, 0.2) is 90.2 Å². The highest BCUT2D eigenvalue weighted by Gasteiger charge is 2.34. The number of allylic oxidation sites excluding steroid dienone is 2. The summed E-state index contributed by atoms with van der Waals surface area (Å²) in [4.78, 5) is 35.7. The summed E-state index contributed by atoms with van der Waals surface area (Å²) in [6.07, 6.45) is 1.70. The normalized spacial score (nSPS) is 17.0. The zero-order valence-electron chi connectivity index (χ0n) is 23.7. The van der Waals surface area contributed by atoms with Gasteiger partial charge in [0.15, 0.2) is 11.0 Å². The molecule has 0 bridgehead atoms. The topological polar surface area (TPSA) is 111 Å². The van der Waals surface area contributed by atoms with E-state index < -0.39 is 12.4 Å². The number of halogens is 3. The first-order chi connectivity index (χ1) is 21.7. The van der Waals surface area contributed by atoms with Crippen LogP contribution in [0.3, 0.4) is 0 Å². The molecule has 1 aliphatic heterocycles. The minimum atomic E-state index is -4.77. The highest BCUT2D eigenvalue weighted by atomic mass is 32.2. The quantitative estimate of drug-likeness (QED) is 0.229. The summed E-state index contributed by atoms with van der Waals surface area (Å²) in [5.41, 5.74) is 3.63. The Labute approximate surface area is 259 Å². The van der Waals surface area contributed by atoms with E-state index in [2.05, 4.69) is 37.3 Å². The van der Waals surface area contributed by atoms with E-state index in [1.54, 1.807) is 25.3 Å². The van der Waals surface area contributed by atoms with Crippen LogP contribution in [0.2, 0.25) is 0 Å². The summed E-state index contributed by atoms with van der Waals surface area (Å²) in [6.45, 7) is 0.194. The Morgan fingerprint density at radius 2 is 1.82 bits per heavy atom. The number of ether oxygens (including phenoxy) is 2. The molecule has 2 heterocycles. The Bertz CT molecular complexity index is 1790. The molecule has 3 amide bonds. The molecule has 0 saturated carbocycles. The predicted octanol–water partition coefficient (Wildman–Crippen LogP) is 6.23. The van der Waals surface area contributed by atoms with Crippen LogP contribution in [0.25, 0.3) is 17.1 Å². The smallest absolute Gasteiger partial charge is 0.497 e. The monoisotopic (exact) mass is 634 g/mol. The van der Waals surface area contributed by atoms with Gasteiger partial charge in [-0.2, -0.15) is 4.99 Å². The summed E-state index contributed by atoms with van der Waals surface area (Å²) in [5, 5.41) is 7.47. The molecule has 1 saturated heterocycles. The highest BCUT2D eigenvalue weighted by molar-refractivity contribution is 8.15. The number of urea groups is 1. The Morgan fingerprint density at radius 3 is 2.49 bits per heavy atom. The highest BCUT2D eigenvalue weighted by Crippen LogP contribution is 2.40. The molecule has 1 fully saturated rings. The van der Waals surface area contributed by atoms with Crippen molar-refractivity contribution in [2.75, 3.05) is 17.8 Å². The number of carbonyl (C=O) groups is 2. The van der Waals surface area contributed by atoms with Gasteiger partial charge in [0, 0.05) is 24.1 Å². The van der Waals surface area contributed by atoms with Crippen LogP contribution < -0.4 is 19.7 Å². The van der Waals surface area contributed by atoms with Gasteiger partial charge in [0.05, 0.1) is 24.2 Å². The third-order valence-electron chi connectivity index (χ3n) is 7.08. The Balaban J connectivity index is 1.10. The maximum absolute atomic E-state index is 12.9. The number of amides is 3. The van der Waals surface area contributed by atoms with Crippen molar-refractivity contribution in [1.29, 1.82) is 0 Å². The van der Waals surface area contributed by atoms with Gasteiger partial charge in [-0.15, -0.1) is 18.3 Å². The first-order valence-electron chi connectivity index (χ1n) is 13.7. The van der Waals surface area contributed by atoms with Crippen LogP contribution >= 0.6 is 11.8 Å². The minimum absolute atomic E-state index is 0.163. The second-order valence-corrected chi connectivity index (χ2v) is 11.0. The fraction of sp³-hybridized carbons (Fsp3) is 0.194. The number of aromatic nitrogens is 3. The van der Waals surface area contributed by atoms with Crippen LogP contribution in [-0.4, -0.2) is 51.1 Å². The van der Waals surface area contributed by atoms with E-state index in [1.807, 2.05) is 24.3 Å². The average molecular weight is 635 g/mol. The van der Waals surface area contributed by atoms with Gasteiger partial charge in [-0.05, 0) is 47.9 Å². The number of anilines is 1. The van der Waals surface area contributed by atoms with E-state index in [1.165, 1.54) is 51.9 Å². The number of hydrogen-bond donors (Lipinski definition) is 1. The lowest BCUT2D eigenvalue weighted by atomic mass is 9.86. The first-order valence-corrected chi connectivity index (χ1v) is 14.7. The van der Waals surface area contributed by atoms with Crippen LogP contribution in [-0.2, 0) is 11.3 Å². The third kappa shape index (κ3) is 6.85. The number of thioether (sulfide) groups is 1. The van der Waals surface area contributed by atoms with E-state index >= 15 is 0 Å². The molecule has 3 aromatic carbocycles. The molecule has 2 aliphatic rings. The average Bonchev–Trinajstić information content (AvgIpc) is 3.62. The van der Waals surface area contributed by atoms with Gasteiger partial charge >= 0.3 is 12.4 Å². The van der Waals surface area contributed by atoms with Gasteiger partial charge in [-0.25, -0.2) is 14.5 Å². The lowest BCUT2D eigenvalue weighted by molar-refractivity contribution is -0.274. The zero-order chi connectivity index (χ0) is 31.6. The fourth-order valence-electron chi connectivity index (χ4n) is 4.74. The molecule has 10 nitrogen and oxygen atoms in total. The Morgan fingerprint density at radius 1 is 1.09 bits per heavy atom. The molecular formula is C31H25F3N6O4S. The lowest BCUT2D eigenvalue weighted by Crippen LogP contribution is -2.32. The summed E-state index contributed by atoms with van der Waals surface area (Å²) in [6, 6.07) is 17.5. The molecule has 1 unspecified atom stereocenters. The number of amidine groups is 1. The number of methoxy groups -OCH3 is 1. The van der Waals surface area contributed by atoms with Crippen molar-refractivity contribution in [2.45, 2.75) is 25.2 Å². The van der Waals surface area contributed by atoms with Gasteiger partial charge in [0.25, 0.3) is 0 Å². The van der Waals surface area contributed by atoms with Crippen molar-refractivity contribution in [2.24, 2.45) is 4.99 Å². The SMILES string of the molecule is COc1ccc(C2C=CC2)c(N2C(=O)CS/C2=N\C(=O)NCc2ccc(-c3ncn(-c4ccc(OC(F)(F)F)cc4)n3)cc2)c1. The van der Waals surface area contributed by atoms with Crippen molar-refractivity contribution < 1.29 is 32.2 Å². The van der Waals surface area contributed by atoms with E-state index in [0.29, 0.717) is 33.7 Å². The lowest BCUT2D eigenvalue weighted by Gasteiger charge is -2.26. The molecule has 45 heavy (non-hydrogen) atoms. The van der Waals surface area contributed by atoms with E-state index in [4.69, 9.17) is 4.74 Å². The van der Waals surface area contributed by atoms with Crippen LogP contribution in [0.1, 0.15) is 23.5 Å². The number of hydrogen-bond acceptors (Lipinski definition) is 7. The fourth-order valence-corrected chi connectivity index (χ4v) is 5.60. The van der Waals surface area contributed by atoms with Gasteiger partial charge in [0.1, 0.15) is 17.8 Å². The van der Waals surface area contributed by atoms with E-state index in [-0.39, 0.29) is 29.9 Å². The summed E-state index contributed by atoms with van der Waals surface area (Å²) in [5.74, 6) is 0.866. The summed E-state index contributed by atoms with van der Waals surface area (Å²) < 4.78 is 48.0. The standard InChI is InChI=1S/C31H25F3N6O4S/c1-43-24-13-14-25(20-3-2-4-20)26(15-24)40-27(41)17-45-30(40)37-29(42)35-16-19-5-7-21(8-6-19)28-36-18-39(38-28)22-9-11-23(12-10-22)44-31(32,33)34/h2-3,5-15,18,20H,4,16-17H2,1H3,(H,35,42)/b37-30-. The van der Waals surface area contributed by atoms with Crippen LogP contribution in [0.5, 0.6) is 11.5 Å². The van der Waals surface area contributed by atoms with Crippen LogP contribution in [0, 0.1) is 0 Å². The predicted molar refractivity (Wildman–Crippen MR) is 163 cm³/mol. The molecule has 1 atom stereocenters. The second kappa shape index (κ2) is 12.5. The number of carbonyl (C=O) groups excluding carboxylic acids is 2. The molecule has 6 rings (SSSR count). The number of aliphatic imine (C=N–C) groups is 1. The maximum Gasteiger partial charge on any atom is 0.573 e. The first kappa shape index (κ1) is 29.9. The van der Waals surface area contributed by atoms with E-state index in [0.717, 1.165) is 17.5 Å². The third-order valence-corrected chi connectivity index (χ3v) is 8.00. The number of rotatable bonds is 8. The van der Waals surface area contributed by atoms with Gasteiger partial charge in [0.2, 0.25) is 5.91 Å². The molecule has 0 spiro atoms. The van der Waals surface area contributed by atoms with Crippen LogP contribution in [0.4, 0.5) is 23.7 Å². The molecule has 1 aromatic heterocycles.